The Kier molecular flexibility index (Phi) is 5.53. The number of H-pyrrole nitrogens is 1. The number of rotatable bonds is 6. The molecule has 0 aliphatic heterocycles. The highest BCUT2D eigenvalue weighted by Crippen LogP contribution is 2.41. The quantitative estimate of drug-likeness (QED) is 0.565. The molecule has 0 radical (unpaired) electrons. The minimum absolute atomic E-state index is 0.0679. The molecule has 1 amide bonds. The molecule has 5 heteroatoms. The van der Waals surface area contributed by atoms with Crippen LogP contribution in [0.15, 0.2) is 47.2 Å². The van der Waals surface area contributed by atoms with E-state index in [1.54, 1.807) is 6.26 Å². The van der Waals surface area contributed by atoms with E-state index in [9.17, 15) is 4.79 Å². The van der Waals surface area contributed by atoms with Gasteiger partial charge in [-0.15, -0.1) is 0 Å². The maximum absolute atomic E-state index is 12.7. The van der Waals surface area contributed by atoms with E-state index < -0.39 is 0 Å². The van der Waals surface area contributed by atoms with Crippen molar-refractivity contribution in [3.8, 4) is 0 Å². The van der Waals surface area contributed by atoms with Crippen LogP contribution >= 0.6 is 11.6 Å². The number of amides is 1. The normalized spacial score (nSPS) is 16.5. The third-order valence-corrected chi connectivity index (χ3v) is 5.97. The molecule has 1 atom stereocenters. The SMILES string of the molecule is O=C(CC(c1c[nH]c2ccc(Cl)cc12)C1CCCCC1)NCc1ccco1. The van der Waals surface area contributed by atoms with Crippen LogP contribution in [0, 0.1) is 5.92 Å². The summed E-state index contributed by atoms with van der Waals surface area (Å²) in [6, 6.07) is 9.63. The van der Waals surface area contributed by atoms with Crippen LogP contribution in [0.3, 0.4) is 0 Å². The number of aromatic amines is 1. The summed E-state index contributed by atoms with van der Waals surface area (Å²) in [5, 5.41) is 4.87. The van der Waals surface area contributed by atoms with E-state index in [1.807, 2.05) is 30.3 Å². The predicted octanol–water partition coefficient (Wildman–Crippen LogP) is 5.78. The molecule has 0 bridgehead atoms. The monoisotopic (exact) mass is 384 g/mol. The molecular formula is C22H25ClN2O2. The molecule has 3 aromatic rings. The lowest BCUT2D eigenvalue weighted by Crippen LogP contribution is -2.27. The molecule has 0 spiro atoms. The molecule has 142 valence electrons. The van der Waals surface area contributed by atoms with E-state index in [1.165, 1.54) is 37.7 Å². The van der Waals surface area contributed by atoms with Gasteiger partial charge in [0, 0.05) is 28.5 Å². The van der Waals surface area contributed by atoms with Gasteiger partial charge in [-0.2, -0.15) is 0 Å². The summed E-state index contributed by atoms with van der Waals surface area (Å²) in [5.74, 6) is 1.58. The Morgan fingerprint density at radius 2 is 2.11 bits per heavy atom. The third kappa shape index (κ3) is 4.22. The summed E-state index contributed by atoms with van der Waals surface area (Å²) in [4.78, 5) is 16.1. The van der Waals surface area contributed by atoms with Crippen LogP contribution in [-0.2, 0) is 11.3 Å². The lowest BCUT2D eigenvalue weighted by molar-refractivity contribution is -0.122. The molecule has 27 heavy (non-hydrogen) atoms. The molecular weight excluding hydrogens is 360 g/mol. The Labute approximate surface area is 164 Å². The Morgan fingerprint density at radius 3 is 2.89 bits per heavy atom. The predicted molar refractivity (Wildman–Crippen MR) is 108 cm³/mol. The molecule has 1 fully saturated rings. The second kappa shape index (κ2) is 8.22. The molecule has 4 rings (SSSR count). The summed E-state index contributed by atoms with van der Waals surface area (Å²) in [7, 11) is 0. The van der Waals surface area contributed by atoms with Gasteiger partial charge in [0.05, 0.1) is 12.8 Å². The van der Waals surface area contributed by atoms with Crippen LogP contribution in [-0.4, -0.2) is 10.9 Å². The molecule has 2 N–H and O–H groups in total. The van der Waals surface area contributed by atoms with Gasteiger partial charge in [-0.25, -0.2) is 0 Å². The number of aromatic nitrogens is 1. The number of carbonyl (C=O) groups excluding carboxylic acids is 1. The number of furan rings is 1. The zero-order valence-electron chi connectivity index (χ0n) is 15.3. The number of halogens is 1. The van der Waals surface area contributed by atoms with Crippen LogP contribution in [0.2, 0.25) is 5.02 Å². The molecule has 1 aromatic carbocycles. The van der Waals surface area contributed by atoms with Crippen molar-refractivity contribution in [2.24, 2.45) is 5.92 Å². The molecule has 4 nitrogen and oxygen atoms in total. The summed E-state index contributed by atoms with van der Waals surface area (Å²) in [5.41, 5.74) is 2.29. The zero-order valence-corrected chi connectivity index (χ0v) is 16.1. The molecule has 1 saturated carbocycles. The maximum Gasteiger partial charge on any atom is 0.220 e. The van der Waals surface area contributed by atoms with Gasteiger partial charge < -0.3 is 14.7 Å². The number of fused-ring (bicyclic) bond motifs is 1. The summed E-state index contributed by atoms with van der Waals surface area (Å²) < 4.78 is 5.31. The molecule has 2 heterocycles. The van der Waals surface area contributed by atoms with E-state index in [-0.39, 0.29) is 11.8 Å². The van der Waals surface area contributed by atoms with Crippen LogP contribution in [0.5, 0.6) is 0 Å². The number of benzene rings is 1. The second-order valence-corrected chi connectivity index (χ2v) is 7.94. The maximum atomic E-state index is 12.7. The molecule has 1 aliphatic rings. The van der Waals surface area contributed by atoms with Crippen LogP contribution in [0.4, 0.5) is 0 Å². The van der Waals surface area contributed by atoms with Crippen LogP contribution in [0.25, 0.3) is 10.9 Å². The zero-order chi connectivity index (χ0) is 18.6. The highest BCUT2D eigenvalue weighted by Gasteiger charge is 2.29. The molecule has 1 aliphatic carbocycles. The average molecular weight is 385 g/mol. The molecule has 0 saturated heterocycles. The Balaban J connectivity index is 1.56. The average Bonchev–Trinajstić information content (AvgIpc) is 3.35. The molecule has 2 aromatic heterocycles. The van der Waals surface area contributed by atoms with Crippen molar-refractivity contribution >= 4 is 28.4 Å². The lowest BCUT2D eigenvalue weighted by atomic mass is 9.75. The minimum Gasteiger partial charge on any atom is -0.467 e. The highest BCUT2D eigenvalue weighted by atomic mass is 35.5. The van der Waals surface area contributed by atoms with E-state index in [0.29, 0.717) is 18.9 Å². The van der Waals surface area contributed by atoms with E-state index >= 15 is 0 Å². The Bertz CT molecular complexity index is 894. The van der Waals surface area contributed by atoms with Gasteiger partial charge in [-0.3, -0.25) is 4.79 Å². The number of carbonyl (C=O) groups is 1. The largest absolute Gasteiger partial charge is 0.467 e. The fourth-order valence-electron chi connectivity index (χ4n) is 4.36. The van der Waals surface area contributed by atoms with Crippen molar-refractivity contribution in [2.45, 2.75) is 51.0 Å². The van der Waals surface area contributed by atoms with Crippen molar-refractivity contribution < 1.29 is 9.21 Å². The second-order valence-electron chi connectivity index (χ2n) is 7.50. The van der Waals surface area contributed by atoms with E-state index in [4.69, 9.17) is 16.0 Å². The van der Waals surface area contributed by atoms with Crippen LogP contribution < -0.4 is 5.32 Å². The van der Waals surface area contributed by atoms with Gasteiger partial charge in [0.15, 0.2) is 0 Å². The number of nitrogens with one attached hydrogen (secondary N) is 2. The third-order valence-electron chi connectivity index (χ3n) is 5.74. The first-order valence-electron chi connectivity index (χ1n) is 9.76. The lowest BCUT2D eigenvalue weighted by Gasteiger charge is -2.30. The minimum atomic E-state index is 0.0679. The van der Waals surface area contributed by atoms with Crippen molar-refractivity contribution in [3.63, 3.8) is 0 Å². The van der Waals surface area contributed by atoms with Gasteiger partial charge in [-0.1, -0.05) is 30.9 Å². The molecule has 1 unspecified atom stereocenters. The summed E-state index contributed by atoms with van der Waals surface area (Å²) in [6.07, 6.45) is 10.4. The van der Waals surface area contributed by atoms with Crippen molar-refractivity contribution in [1.29, 1.82) is 0 Å². The van der Waals surface area contributed by atoms with E-state index in [2.05, 4.69) is 16.5 Å². The highest BCUT2D eigenvalue weighted by molar-refractivity contribution is 6.31. The van der Waals surface area contributed by atoms with E-state index in [0.717, 1.165) is 21.7 Å². The number of hydrogen-bond donors (Lipinski definition) is 2. The van der Waals surface area contributed by atoms with Gasteiger partial charge in [0.25, 0.3) is 0 Å². The van der Waals surface area contributed by atoms with Gasteiger partial charge in [0.1, 0.15) is 5.76 Å². The van der Waals surface area contributed by atoms with Crippen molar-refractivity contribution in [3.05, 3.63) is 59.1 Å². The fourth-order valence-corrected chi connectivity index (χ4v) is 4.53. The standard InChI is InChI=1S/C22H25ClN2O2/c23-16-8-9-21-19(11-16)20(14-24-21)18(15-5-2-1-3-6-15)12-22(26)25-13-17-7-4-10-27-17/h4,7-11,14-15,18,24H,1-3,5-6,12-13H2,(H,25,26). The first-order valence-corrected chi connectivity index (χ1v) is 10.1. The fraction of sp³-hybridized carbons (Fsp3) is 0.409. The van der Waals surface area contributed by atoms with Crippen molar-refractivity contribution in [2.75, 3.05) is 0 Å². The van der Waals surface area contributed by atoms with Gasteiger partial charge >= 0.3 is 0 Å². The first-order chi connectivity index (χ1) is 13.2. The first kappa shape index (κ1) is 18.2. The topological polar surface area (TPSA) is 58.0 Å². The summed E-state index contributed by atoms with van der Waals surface area (Å²) in [6.45, 7) is 0.433. The number of hydrogen-bond acceptors (Lipinski definition) is 2. The van der Waals surface area contributed by atoms with Gasteiger partial charge in [-0.05, 0) is 60.6 Å². The smallest absolute Gasteiger partial charge is 0.220 e. The van der Waals surface area contributed by atoms with Crippen LogP contribution in [0.1, 0.15) is 55.8 Å². The Hall–Kier alpha value is -2.20. The van der Waals surface area contributed by atoms with Gasteiger partial charge in [0.2, 0.25) is 5.91 Å². The Morgan fingerprint density at radius 1 is 1.26 bits per heavy atom. The summed E-state index contributed by atoms with van der Waals surface area (Å²) >= 11 is 6.25. The van der Waals surface area contributed by atoms with Crippen molar-refractivity contribution in [1.82, 2.24) is 10.3 Å².